The monoisotopic (exact) mass is 431 g/mol. The van der Waals surface area contributed by atoms with Crippen molar-refractivity contribution in [1.29, 1.82) is 0 Å². The minimum Gasteiger partial charge on any atom is -0.320 e. The van der Waals surface area contributed by atoms with E-state index in [1.165, 1.54) is 11.3 Å². The van der Waals surface area contributed by atoms with Crippen LogP contribution in [0.1, 0.15) is 39.5 Å². The quantitative estimate of drug-likeness (QED) is 0.652. The summed E-state index contributed by atoms with van der Waals surface area (Å²) in [5, 5.41) is 3.51. The molecule has 7 heteroatoms. The smallest absolute Gasteiger partial charge is 0.266 e. The maximum Gasteiger partial charge on any atom is 0.266 e. The molecule has 1 aromatic carbocycles. The molecule has 1 aliphatic rings. The van der Waals surface area contributed by atoms with Gasteiger partial charge in [-0.1, -0.05) is 6.07 Å². The van der Waals surface area contributed by atoms with Gasteiger partial charge in [-0.15, -0.1) is 11.3 Å². The van der Waals surface area contributed by atoms with E-state index in [9.17, 15) is 9.59 Å². The molecule has 0 saturated carbocycles. The van der Waals surface area contributed by atoms with E-state index in [0.29, 0.717) is 32.9 Å². The number of fused-ring (bicyclic) bond motifs is 2. The Morgan fingerprint density at radius 3 is 2.88 bits per heavy atom. The number of rotatable bonds is 2. The molecule has 1 aliphatic heterocycles. The highest BCUT2D eigenvalue weighted by Gasteiger charge is 2.23. The van der Waals surface area contributed by atoms with E-state index < -0.39 is 0 Å². The third-order valence-electron chi connectivity index (χ3n) is 4.74. The van der Waals surface area contributed by atoms with Crippen LogP contribution in [0.4, 0.5) is 5.69 Å². The summed E-state index contributed by atoms with van der Waals surface area (Å²) < 4.78 is 2.60. The first kappa shape index (κ1) is 17.4. The normalized spacial score (nSPS) is 13.7. The molecule has 0 spiro atoms. The lowest BCUT2D eigenvalue weighted by Gasteiger charge is -2.16. The molecule has 0 atom stereocenters. The van der Waals surface area contributed by atoms with Crippen molar-refractivity contribution in [3.63, 3.8) is 0 Å². The zero-order valence-corrected chi connectivity index (χ0v) is 17.0. The van der Waals surface area contributed by atoms with Crippen LogP contribution in [0.5, 0.6) is 0 Å². The van der Waals surface area contributed by atoms with Crippen molar-refractivity contribution < 1.29 is 4.79 Å². The largest absolute Gasteiger partial charge is 0.320 e. The molecule has 2 aromatic heterocycles. The molecule has 1 amide bonds. The Balaban J connectivity index is 1.77. The van der Waals surface area contributed by atoms with Crippen LogP contribution in [0.2, 0.25) is 0 Å². The summed E-state index contributed by atoms with van der Waals surface area (Å²) in [5.74, 6) is 0.626. The summed E-state index contributed by atoms with van der Waals surface area (Å²) in [7, 11) is 0. The van der Waals surface area contributed by atoms with Crippen molar-refractivity contribution in [3.05, 3.63) is 54.9 Å². The molecule has 4 rings (SSSR count). The number of hydrogen-bond acceptors (Lipinski definition) is 4. The SMILES string of the molecule is Cc1ccc(NC(=O)c2sc3nc4n(c(=O)c3c2C)CCCC4)c(Br)c1. The summed E-state index contributed by atoms with van der Waals surface area (Å²) in [6, 6.07) is 5.77. The number of aryl methyl sites for hydroxylation is 3. The Morgan fingerprint density at radius 2 is 2.12 bits per heavy atom. The highest BCUT2D eigenvalue weighted by Crippen LogP contribution is 2.30. The van der Waals surface area contributed by atoms with Crippen molar-refractivity contribution in [3.8, 4) is 0 Å². The number of aromatic nitrogens is 2. The van der Waals surface area contributed by atoms with Crippen LogP contribution in [0.25, 0.3) is 10.2 Å². The van der Waals surface area contributed by atoms with Crippen LogP contribution in [0, 0.1) is 13.8 Å². The minimum absolute atomic E-state index is 0.0194. The molecule has 0 radical (unpaired) electrons. The number of hydrogen-bond donors (Lipinski definition) is 1. The van der Waals surface area contributed by atoms with Crippen molar-refractivity contribution >= 4 is 49.1 Å². The molecule has 134 valence electrons. The summed E-state index contributed by atoms with van der Waals surface area (Å²) in [4.78, 5) is 31.6. The molecule has 26 heavy (non-hydrogen) atoms. The average molecular weight is 432 g/mol. The van der Waals surface area contributed by atoms with Gasteiger partial charge in [-0.3, -0.25) is 14.2 Å². The number of halogens is 1. The van der Waals surface area contributed by atoms with Gasteiger partial charge in [-0.05, 0) is 65.9 Å². The number of benzene rings is 1. The number of thiophene rings is 1. The predicted molar refractivity (Wildman–Crippen MR) is 108 cm³/mol. The number of nitrogens with zero attached hydrogens (tertiary/aromatic N) is 2. The fourth-order valence-corrected chi connectivity index (χ4v) is 5.03. The van der Waals surface area contributed by atoms with Crippen molar-refractivity contribution in [1.82, 2.24) is 9.55 Å². The van der Waals surface area contributed by atoms with Gasteiger partial charge in [0.15, 0.2) is 0 Å². The second-order valence-corrected chi connectivity index (χ2v) is 8.47. The molecule has 5 nitrogen and oxygen atoms in total. The number of nitrogens with one attached hydrogen (secondary N) is 1. The van der Waals surface area contributed by atoms with Crippen LogP contribution in [-0.2, 0) is 13.0 Å². The Bertz CT molecular complexity index is 1100. The fraction of sp³-hybridized carbons (Fsp3) is 0.316. The second-order valence-electron chi connectivity index (χ2n) is 6.62. The summed E-state index contributed by atoms with van der Waals surface area (Å²) in [6.45, 7) is 4.54. The zero-order valence-electron chi connectivity index (χ0n) is 14.6. The fourth-order valence-electron chi connectivity index (χ4n) is 3.35. The first-order valence-corrected chi connectivity index (χ1v) is 10.2. The maximum atomic E-state index is 12.9. The predicted octanol–water partition coefficient (Wildman–Crippen LogP) is 4.43. The van der Waals surface area contributed by atoms with Crippen molar-refractivity contribution in [2.75, 3.05) is 5.32 Å². The van der Waals surface area contributed by atoms with Crippen molar-refractivity contribution in [2.45, 2.75) is 39.7 Å². The zero-order chi connectivity index (χ0) is 18.4. The Hall–Kier alpha value is -1.99. The van der Waals surface area contributed by atoms with Gasteiger partial charge in [0.2, 0.25) is 0 Å². The lowest BCUT2D eigenvalue weighted by molar-refractivity contribution is 0.103. The van der Waals surface area contributed by atoms with E-state index in [4.69, 9.17) is 0 Å². The van der Waals surface area contributed by atoms with Crippen LogP contribution in [0.15, 0.2) is 27.5 Å². The van der Waals surface area contributed by atoms with E-state index in [0.717, 1.165) is 35.1 Å². The number of carbonyl (C=O) groups excluding carboxylic acids is 1. The van der Waals surface area contributed by atoms with E-state index in [1.54, 1.807) is 4.57 Å². The average Bonchev–Trinajstić information content (AvgIpc) is 2.94. The minimum atomic E-state index is -0.211. The molecule has 0 aliphatic carbocycles. The second kappa shape index (κ2) is 6.63. The topological polar surface area (TPSA) is 64.0 Å². The Morgan fingerprint density at radius 1 is 1.31 bits per heavy atom. The summed E-state index contributed by atoms with van der Waals surface area (Å²) in [5.41, 5.74) is 2.51. The van der Waals surface area contributed by atoms with Gasteiger partial charge in [0.05, 0.1) is 16.0 Å². The number of carbonyl (C=O) groups is 1. The van der Waals surface area contributed by atoms with Gasteiger partial charge in [-0.2, -0.15) is 0 Å². The highest BCUT2D eigenvalue weighted by molar-refractivity contribution is 9.10. The van der Waals surface area contributed by atoms with Gasteiger partial charge >= 0.3 is 0 Å². The van der Waals surface area contributed by atoms with Gasteiger partial charge in [-0.25, -0.2) is 4.98 Å². The lowest BCUT2D eigenvalue weighted by Crippen LogP contribution is -2.28. The third-order valence-corrected chi connectivity index (χ3v) is 6.58. The molecular weight excluding hydrogens is 414 g/mol. The van der Waals surface area contributed by atoms with Gasteiger partial charge in [0, 0.05) is 17.4 Å². The molecule has 0 bridgehead atoms. The Kier molecular flexibility index (Phi) is 4.44. The van der Waals surface area contributed by atoms with E-state index in [2.05, 4.69) is 26.2 Å². The third kappa shape index (κ3) is 2.89. The standard InChI is InChI=1S/C19H18BrN3O2S/c1-10-6-7-13(12(20)9-10)21-17(24)16-11(2)15-18(26-16)22-14-5-3-4-8-23(14)19(15)25/h6-7,9H,3-5,8H2,1-2H3,(H,21,24). The lowest BCUT2D eigenvalue weighted by atomic mass is 10.1. The van der Waals surface area contributed by atoms with Crippen molar-refractivity contribution in [2.24, 2.45) is 0 Å². The highest BCUT2D eigenvalue weighted by atomic mass is 79.9. The molecule has 0 fully saturated rings. The van der Waals surface area contributed by atoms with Crippen LogP contribution in [0.3, 0.4) is 0 Å². The molecule has 1 N–H and O–H groups in total. The molecule has 0 saturated heterocycles. The van der Waals surface area contributed by atoms with E-state index in [-0.39, 0.29) is 11.5 Å². The summed E-state index contributed by atoms with van der Waals surface area (Å²) in [6.07, 6.45) is 2.87. The molecule has 3 aromatic rings. The number of amides is 1. The van der Waals surface area contributed by atoms with Crippen LogP contribution >= 0.6 is 27.3 Å². The first-order valence-electron chi connectivity index (χ1n) is 8.56. The van der Waals surface area contributed by atoms with Crippen LogP contribution in [-0.4, -0.2) is 15.5 Å². The summed E-state index contributed by atoms with van der Waals surface area (Å²) >= 11 is 4.78. The van der Waals surface area contributed by atoms with E-state index >= 15 is 0 Å². The van der Waals surface area contributed by atoms with Gasteiger partial charge < -0.3 is 5.32 Å². The first-order chi connectivity index (χ1) is 12.5. The van der Waals surface area contributed by atoms with Gasteiger partial charge in [0.25, 0.3) is 11.5 Å². The molecule has 0 unspecified atom stereocenters. The number of anilines is 1. The van der Waals surface area contributed by atoms with Gasteiger partial charge in [0.1, 0.15) is 10.7 Å². The molecular formula is C19H18BrN3O2S. The molecule has 3 heterocycles. The maximum absolute atomic E-state index is 12.9. The Labute approximate surface area is 163 Å². The van der Waals surface area contributed by atoms with Crippen LogP contribution < -0.4 is 10.9 Å². The van der Waals surface area contributed by atoms with E-state index in [1.807, 2.05) is 32.0 Å².